The van der Waals surface area contributed by atoms with E-state index < -0.39 is 0 Å². The van der Waals surface area contributed by atoms with E-state index in [2.05, 4.69) is 0 Å². The van der Waals surface area contributed by atoms with Gasteiger partial charge in [-0.1, -0.05) is 0 Å². The second-order valence-corrected chi connectivity index (χ2v) is 0. The fourth-order valence-electron chi connectivity index (χ4n) is 0. The Balaban J connectivity index is 0. The fourth-order valence-corrected chi connectivity index (χ4v) is 0. The molecule has 4 heteroatoms. The zero-order valence-electron chi connectivity index (χ0n) is 0.500. The molecule has 0 amide bonds. The molecule has 0 unspecified atom stereocenters. The fraction of sp³-hybridized carbons (Fsp3) is 0. The normalized spacial score (nSPS) is 0. The molecule has 0 radical (unpaired) electrons. The number of hydrogen-bond acceptors (Lipinski definition) is 0. The van der Waals surface area contributed by atoms with Crippen LogP contribution in [0.2, 0.25) is 0 Å². The van der Waals surface area contributed by atoms with Crippen LogP contribution >= 0.6 is 0 Å². The van der Waals surface area contributed by atoms with Crippen LogP contribution in [-0.4, -0.2) is 102 Å². The average molecular weight is 108 g/mol. The summed E-state index contributed by atoms with van der Waals surface area (Å²) in [6.07, 6.45) is 0. The van der Waals surface area contributed by atoms with Crippen LogP contribution in [0, 0.1) is 0 Å². The first-order valence-corrected chi connectivity index (χ1v) is 0. The van der Waals surface area contributed by atoms with Gasteiger partial charge in [0.05, 0.1) is 0 Å². The molecule has 0 aromatic carbocycles. The van der Waals surface area contributed by atoms with E-state index in [4.69, 9.17) is 0 Å². The first-order valence-electron chi connectivity index (χ1n) is 0. The summed E-state index contributed by atoms with van der Waals surface area (Å²) in [5.74, 6) is 0. The van der Waals surface area contributed by atoms with Gasteiger partial charge in [-0.15, -0.1) is 0 Å². The van der Waals surface area contributed by atoms with Crippen molar-refractivity contribution in [3.8, 4) is 0 Å². The maximum absolute atomic E-state index is 0. The molecule has 16 valence electrons. The van der Waals surface area contributed by atoms with Crippen molar-refractivity contribution in [1.29, 1.82) is 0 Å². The van der Waals surface area contributed by atoms with Crippen LogP contribution in [0.25, 0.3) is 0 Å². The van der Waals surface area contributed by atoms with Crippen LogP contribution in [-0.2, 0) is 0 Å². The topological polar surface area (TPSA) is 31.5 Å². The SMILES string of the molecule is O.[CaH2].[NaH].[NaH]. The van der Waals surface area contributed by atoms with E-state index in [1.807, 2.05) is 0 Å². The quantitative estimate of drug-likeness (QED) is 0.295. The van der Waals surface area contributed by atoms with Crippen LogP contribution in [0.5, 0.6) is 0 Å². The molecule has 0 heterocycles. The van der Waals surface area contributed by atoms with Crippen molar-refractivity contribution in [1.82, 2.24) is 0 Å². The van der Waals surface area contributed by atoms with Crippen molar-refractivity contribution in [2.24, 2.45) is 0 Å². The second kappa shape index (κ2) is 16.3. The van der Waals surface area contributed by atoms with Crippen molar-refractivity contribution in [2.75, 3.05) is 0 Å². The summed E-state index contributed by atoms with van der Waals surface area (Å²) in [4.78, 5) is 0. The van der Waals surface area contributed by atoms with E-state index in [1.165, 1.54) is 0 Å². The second-order valence-electron chi connectivity index (χ2n) is 0. The minimum absolute atomic E-state index is 0. The van der Waals surface area contributed by atoms with Gasteiger partial charge in [-0.25, -0.2) is 0 Å². The molecule has 1 nitrogen and oxygen atoms in total. The van der Waals surface area contributed by atoms with E-state index in [0.717, 1.165) is 0 Å². The Kier molecular flexibility index (Phi) is 110. The number of hydrogen-bond donors (Lipinski definition) is 0. The minimum atomic E-state index is 0. The zero-order chi connectivity index (χ0) is 0. The third kappa shape index (κ3) is 8.97. The van der Waals surface area contributed by atoms with Crippen molar-refractivity contribution >= 4 is 96.9 Å². The van der Waals surface area contributed by atoms with Gasteiger partial charge in [0.2, 0.25) is 0 Å². The monoisotopic (exact) mass is 108 g/mol. The van der Waals surface area contributed by atoms with Crippen LogP contribution in [0.4, 0.5) is 0 Å². The predicted octanol–water partition coefficient (Wildman–Crippen LogP) is -3.04. The molecule has 0 aliphatic carbocycles. The van der Waals surface area contributed by atoms with Crippen molar-refractivity contribution in [3.63, 3.8) is 0 Å². The zero-order valence-corrected chi connectivity index (χ0v) is 0.500. The van der Waals surface area contributed by atoms with Crippen LogP contribution in [0.1, 0.15) is 0 Å². The summed E-state index contributed by atoms with van der Waals surface area (Å²) >= 11 is 0. The molecule has 2 N–H and O–H groups in total. The van der Waals surface area contributed by atoms with Gasteiger partial charge >= 0.3 is 96.9 Å². The molecule has 0 spiro atoms. The van der Waals surface area contributed by atoms with Crippen LogP contribution in [0.15, 0.2) is 0 Å². The van der Waals surface area contributed by atoms with Crippen molar-refractivity contribution in [3.05, 3.63) is 0 Å². The molecule has 0 aliphatic rings. The maximum atomic E-state index is 0. The van der Waals surface area contributed by atoms with Gasteiger partial charge in [-0.2, -0.15) is 0 Å². The molecular formula is H6CaNa2O. The van der Waals surface area contributed by atoms with E-state index in [-0.39, 0.29) is 102 Å². The van der Waals surface area contributed by atoms with Gasteiger partial charge in [0.25, 0.3) is 0 Å². The molecule has 0 aromatic heterocycles. The van der Waals surface area contributed by atoms with Gasteiger partial charge in [0.15, 0.2) is 0 Å². The van der Waals surface area contributed by atoms with Gasteiger partial charge in [0, 0.05) is 0 Å². The van der Waals surface area contributed by atoms with Gasteiger partial charge < -0.3 is 5.48 Å². The van der Waals surface area contributed by atoms with Crippen LogP contribution in [0.3, 0.4) is 0 Å². The molecule has 0 atom stereocenters. The summed E-state index contributed by atoms with van der Waals surface area (Å²) in [6, 6.07) is 0. The van der Waals surface area contributed by atoms with Crippen molar-refractivity contribution in [2.45, 2.75) is 0 Å². The molecule has 0 fully saturated rings. The van der Waals surface area contributed by atoms with E-state index in [9.17, 15) is 0 Å². The third-order valence-electron chi connectivity index (χ3n) is 0. The Morgan fingerprint density at radius 1 is 0.750 bits per heavy atom. The summed E-state index contributed by atoms with van der Waals surface area (Å²) in [7, 11) is 0. The molecular weight excluding hydrogens is 102 g/mol. The molecule has 4 heavy (non-hydrogen) atoms. The molecule has 0 rings (SSSR count). The Morgan fingerprint density at radius 3 is 0.750 bits per heavy atom. The van der Waals surface area contributed by atoms with Gasteiger partial charge in [-0.05, 0) is 0 Å². The molecule has 0 saturated heterocycles. The average Bonchev–Trinajstić information content (AvgIpc) is 0. The van der Waals surface area contributed by atoms with Crippen molar-refractivity contribution < 1.29 is 5.48 Å². The first-order chi connectivity index (χ1) is 0. The Hall–Kier alpha value is 3.22. The first kappa shape index (κ1) is 26.9. The Labute approximate surface area is 99.8 Å². The van der Waals surface area contributed by atoms with Crippen LogP contribution < -0.4 is 0 Å². The summed E-state index contributed by atoms with van der Waals surface area (Å²) < 4.78 is 0. The van der Waals surface area contributed by atoms with E-state index in [1.54, 1.807) is 0 Å². The summed E-state index contributed by atoms with van der Waals surface area (Å²) in [5, 5.41) is 0. The van der Waals surface area contributed by atoms with Gasteiger partial charge in [-0.3, -0.25) is 0 Å². The van der Waals surface area contributed by atoms with Gasteiger partial charge in [0.1, 0.15) is 0 Å². The summed E-state index contributed by atoms with van der Waals surface area (Å²) in [6.45, 7) is 0. The predicted molar refractivity (Wildman–Crippen MR) is 26.5 cm³/mol. The standard InChI is InChI=1S/Ca.2Na.H2O.4H/h;;;1H2;;;;. The Bertz CT molecular complexity index is 6.00. The number of rotatable bonds is 0. The Morgan fingerprint density at radius 2 is 0.750 bits per heavy atom. The molecule has 0 bridgehead atoms. The van der Waals surface area contributed by atoms with E-state index >= 15 is 0 Å². The molecule has 0 saturated carbocycles. The third-order valence-corrected chi connectivity index (χ3v) is 0. The molecule has 0 aliphatic heterocycles. The molecule has 0 aromatic rings. The summed E-state index contributed by atoms with van der Waals surface area (Å²) in [5.41, 5.74) is 0. The van der Waals surface area contributed by atoms with E-state index in [0.29, 0.717) is 0 Å².